The summed E-state index contributed by atoms with van der Waals surface area (Å²) in [5.41, 5.74) is 1.14. The topological polar surface area (TPSA) is 55.8 Å². The number of hydrogen-bond donors (Lipinski definition) is 0. The van der Waals surface area contributed by atoms with Gasteiger partial charge >= 0.3 is 11.9 Å². The number of rotatable bonds is 9. The highest BCUT2D eigenvalue weighted by Gasteiger charge is 2.20. The molecule has 0 aromatic heterocycles. The van der Waals surface area contributed by atoms with Gasteiger partial charge in [-0.2, -0.15) is 0 Å². The fraction of sp³-hybridized carbons (Fsp3) is 0.529. The Morgan fingerprint density at radius 3 is 2.41 bits per heavy atom. The molecule has 1 atom stereocenters. The molecule has 0 aliphatic carbocycles. The molecule has 0 aliphatic rings. The highest BCUT2D eigenvalue weighted by Crippen LogP contribution is 2.11. The quantitative estimate of drug-likeness (QED) is 0.399. The lowest BCUT2D eigenvalue weighted by molar-refractivity contribution is -0.164. The summed E-state index contributed by atoms with van der Waals surface area (Å²) in [5, 5.41) is 0. The first kappa shape index (κ1) is 18.2. The molecule has 0 heterocycles. The van der Waals surface area contributed by atoms with Crippen molar-refractivity contribution >= 4 is 11.9 Å². The second kappa shape index (κ2) is 9.95. The maximum atomic E-state index is 11.8. The molecule has 1 aromatic rings. The van der Waals surface area contributed by atoms with E-state index in [4.69, 9.17) is 9.47 Å². The standard InChI is InChI=1S/C17H25NO4/c1-4-11-21-16(19)12-17(20)22-15(5-2)18(3)13-14-9-7-6-8-10-14/h6-10,15H,4-5,11-13H2,1-3H3/t15-/m0/s1. The lowest BCUT2D eigenvalue weighted by Crippen LogP contribution is -2.35. The molecule has 0 spiro atoms. The van der Waals surface area contributed by atoms with Crippen molar-refractivity contribution in [1.82, 2.24) is 4.90 Å². The van der Waals surface area contributed by atoms with Crippen molar-refractivity contribution in [1.29, 1.82) is 0 Å². The van der Waals surface area contributed by atoms with E-state index >= 15 is 0 Å². The van der Waals surface area contributed by atoms with Gasteiger partial charge in [-0.15, -0.1) is 0 Å². The number of hydrogen-bond acceptors (Lipinski definition) is 5. The smallest absolute Gasteiger partial charge is 0.318 e. The molecular formula is C17H25NO4. The highest BCUT2D eigenvalue weighted by molar-refractivity contribution is 5.91. The molecule has 5 nitrogen and oxygen atoms in total. The summed E-state index contributed by atoms with van der Waals surface area (Å²) in [6.45, 7) is 4.84. The number of carbonyl (C=O) groups excluding carboxylic acids is 2. The van der Waals surface area contributed by atoms with E-state index in [-0.39, 0.29) is 12.6 Å². The van der Waals surface area contributed by atoms with E-state index in [1.54, 1.807) is 0 Å². The average molecular weight is 307 g/mol. The van der Waals surface area contributed by atoms with Crippen LogP contribution in [0.1, 0.15) is 38.7 Å². The van der Waals surface area contributed by atoms with E-state index in [2.05, 4.69) is 0 Å². The van der Waals surface area contributed by atoms with E-state index < -0.39 is 11.9 Å². The lowest BCUT2D eigenvalue weighted by atomic mass is 10.2. The molecule has 0 bridgehead atoms. The first-order valence-electron chi connectivity index (χ1n) is 7.66. The van der Waals surface area contributed by atoms with Crippen molar-refractivity contribution in [3.8, 4) is 0 Å². The van der Waals surface area contributed by atoms with Gasteiger partial charge in [-0.05, 0) is 25.5 Å². The average Bonchev–Trinajstić information content (AvgIpc) is 2.51. The largest absolute Gasteiger partial charge is 0.465 e. The van der Waals surface area contributed by atoms with E-state index in [1.165, 1.54) is 0 Å². The van der Waals surface area contributed by atoms with Gasteiger partial charge in [0.2, 0.25) is 0 Å². The maximum absolute atomic E-state index is 11.8. The predicted molar refractivity (Wildman–Crippen MR) is 83.9 cm³/mol. The van der Waals surface area contributed by atoms with E-state index in [9.17, 15) is 9.59 Å². The van der Waals surface area contributed by atoms with Crippen LogP contribution in [0.25, 0.3) is 0 Å². The predicted octanol–water partition coefficient (Wildman–Crippen LogP) is 2.74. The first-order valence-corrected chi connectivity index (χ1v) is 7.66. The van der Waals surface area contributed by atoms with E-state index in [0.29, 0.717) is 19.6 Å². The van der Waals surface area contributed by atoms with E-state index in [0.717, 1.165) is 12.0 Å². The number of ether oxygens (including phenoxy) is 2. The van der Waals surface area contributed by atoms with Gasteiger partial charge in [-0.1, -0.05) is 44.2 Å². The molecule has 22 heavy (non-hydrogen) atoms. The third-order valence-corrected chi connectivity index (χ3v) is 3.14. The van der Waals surface area contributed by atoms with Gasteiger partial charge < -0.3 is 9.47 Å². The molecule has 0 radical (unpaired) electrons. The van der Waals surface area contributed by atoms with Gasteiger partial charge in [0, 0.05) is 6.54 Å². The number of carbonyl (C=O) groups is 2. The van der Waals surface area contributed by atoms with Gasteiger partial charge in [0.25, 0.3) is 0 Å². The molecule has 0 unspecified atom stereocenters. The summed E-state index contributed by atoms with van der Waals surface area (Å²) < 4.78 is 10.3. The van der Waals surface area contributed by atoms with Crippen molar-refractivity contribution in [3.05, 3.63) is 35.9 Å². The zero-order valence-electron chi connectivity index (χ0n) is 13.6. The Labute approximate surface area is 132 Å². The maximum Gasteiger partial charge on any atom is 0.318 e. The van der Waals surface area contributed by atoms with Gasteiger partial charge in [0.05, 0.1) is 6.61 Å². The molecule has 1 aromatic carbocycles. The van der Waals surface area contributed by atoms with Crippen LogP contribution in [-0.2, 0) is 25.6 Å². The first-order chi connectivity index (χ1) is 10.6. The molecular weight excluding hydrogens is 282 g/mol. The minimum Gasteiger partial charge on any atom is -0.465 e. The Hall–Kier alpha value is -1.88. The van der Waals surface area contributed by atoms with Gasteiger partial charge in [-0.3, -0.25) is 14.5 Å². The van der Waals surface area contributed by atoms with Crippen molar-refractivity contribution < 1.29 is 19.1 Å². The van der Waals surface area contributed by atoms with Crippen LogP contribution in [0.15, 0.2) is 30.3 Å². The third-order valence-electron chi connectivity index (χ3n) is 3.14. The summed E-state index contributed by atoms with van der Waals surface area (Å²) >= 11 is 0. The van der Waals surface area contributed by atoms with Crippen molar-refractivity contribution in [2.75, 3.05) is 13.7 Å². The second-order valence-corrected chi connectivity index (χ2v) is 5.15. The van der Waals surface area contributed by atoms with Crippen LogP contribution >= 0.6 is 0 Å². The SMILES string of the molecule is CCCOC(=O)CC(=O)O[C@@H](CC)N(C)Cc1ccccc1. The minimum atomic E-state index is -0.548. The normalized spacial score (nSPS) is 12.0. The summed E-state index contributed by atoms with van der Waals surface area (Å²) in [4.78, 5) is 25.1. The molecule has 0 aliphatic heterocycles. The fourth-order valence-corrected chi connectivity index (χ4v) is 2.04. The molecule has 0 amide bonds. The second-order valence-electron chi connectivity index (χ2n) is 5.15. The lowest BCUT2D eigenvalue weighted by Gasteiger charge is -2.26. The van der Waals surface area contributed by atoms with Crippen LogP contribution < -0.4 is 0 Å². The minimum absolute atomic E-state index is 0.331. The molecule has 0 N–H and O–H groups in total. The van der Waals surface area contributed by atoms with Crippen LogP contribution in [0, 0.1) is 0 Å². The van der Waals surface area contributed by atoms with Crippen LogP contribution in [0.5, 0.6) is 0 Å². The third kappa shape index (κ3) is 6.72. The molecule has 0 saturated carbocycles. The summed E-state index contributed by atoms with van der Waals surface area (Å²) in [7, 11) is 1.89. The van der Waals surface area contributed by atoms with Gasteiger partial charge in [0.1, 0.15) is 6.42 Å². The Balaban J connectivity index is 2.46. The van der Waals surface area contributed by atoms with Crippen molar-refractivity contribution in [2.45, 2.75) is 45.9 Å². The molecule has 5 heteroatoms. The van der Waals surface area contributed by atoms with Crippen LogP contribution in [0.4, 0.5) is 0 Å². The zero-order valence-corrected chi connectivity index (χ0v) is 13.6. The van der Waals surface area contributed by atoms with Crippen molar-refractivity contribution in [3.63, 3.8) is 0 Å². The van der Waals surface area contributed by atoms with Gasteiger partial charge in [0.15, 0.2) is 6.23 Å². The summed E-state index contributed by atoms with van der Waals surface area (Å²) in [6.07, 6.45) is 0.694. The summed E-state index contributed by atoms with van der Waals surface area (Å²) in [6, 6.07) is 9.95. The Bertz CT molecular complexity index is 461. The van der Waals surface area contributed by atoms with E-state index in [1.807, 2.05) is 56.1 Å². The molecule has 122 valence electrons. The molecule has 0 saturated heterocycles. The Kier molecular flexibility index (Phi) is 8.22. The van der Waals surface area contributed by atoms with Crippen LogP contribution in [0.2, 0.25) is 0 Å². The van der Waals surface area contributed by atoms with Gasteiger partial charge in [-0.25, -0.2) is 0 Å². The number of nitrogens with zero attached hydrogens (tertiary/aromatic N) is 1. The highest BCUT2D eigenvalue weighted by atomic mass is 16.6. The summed E-state index contributed by atoms with van der Waals surface area (Å²) in [5.74, 6) is -1.08. The zero-order chi connectivity index (χ0) is 16.4. The number of benzene rings is 1. The fourth-order valence-electron chi connectivity index (χ4n) is 2.04. The van der Waals surface area contributed by atoms with Crippen LogP contribution in [0.3, 0.4) is 0 Å². The number of esters is 2. The molecule has 1 rings (SSSR count). The Morgan fingerprint density at radius 1 is 1.14 bits per heavy atom. The van der Waals surface area contributed by atoms with Crippen LogP contribution in [-0.4, -0.2) is 36.7 Å². The molecule has 0 fully saturated rings. The monoisotopic (exact) mass is 307 g/mol. The Morgan fingerprint density at radius 2 is 1.82 bits per heavy atom. The van der Waals surface area contributed by atoms with Crippen molar-refractivity contribution in [2.24, 2.45) is 0 Å².